The number of hydrogen-bond donors (Lipinski definition) is 2. The topological polar surface area (TPSA) is 133 Å². The summed E-state index contributed by atoms with van der Waals surface area (Å²) in [4.78, 5) is 77.1. The Morgan fingerprint density at radius 3 is 2.37 bits per heavy atom. The van der Waals surface area contributed by atoms with Gasteiger partial charge in [-0.25, -0.2) is 0 Å². The van der Waals surface area contributed by atoms with Gasteiger partial charge in [-0.3, -0.25) is 28.9 Å². The molecule has 3 aromatic carbocycles. The minimum atomic E-state index is -1.18. The molecular weight excluding hydrogens is 488 g/mol. The summed E-state index contributed by atoms with van der Waals surface area (Å²) in [7, 11) is 0. The number of nitrogens with zero attached hydrogens (tertiary/aromatic N) is 2. The van der Waals surface area contributed by atoms with E-state index in [1.807, 2.05) is 18.2 Å². The number of rotatable bonds is 9. The first kappa shape index (κ1) is 26.2. The molecule has 0 aliphatic carbocycles. The average Bonchev–Trinajstić information content (AvgIpc) is 3.02. The van der Waals surface area contributed by atoms with Crippen molar-refractivity contribution in [3.63, 3.8) is 0 Å². The van der Waals surface area contributed by atoms with Crippen molar-refractivity contribution in [2.24, 2.45) is 0 Å². The summed E-state index contributed by atoms with van der Waals surface area (Å²) < 4.78 is 0. The lowest BCUT2D eigenvalue weighted by Gasteiger charge is -2.25. The molecule has 0 aromatic heterocycles. The Bertz CT molecular complexity index is 1420. The molecule has 0 saturated heterocycles. The molecule has 0 fully saturated rings. The van der Waals surface area contributed by atoms with Crippen LogP contribution < -0.4 is 20.4 Å². The molecule has 0 spiro atoms. The molecule has 10 nitrogen and oxygen atoms in total. The zero-order chi connectivity index (χ0) is 27.2. The van der Waals surface area contributed by atoms with Gasteiger partial charge in [0.15, 0.2) is 0 Å². The van der Waals surface area contributed by atoms with Crippen LogP contribution in [0.1, 0.15) is 23.7 Å². The Hall–Kier alpha value is -4.86. The summed E-state index contributed by atoms with van der Waals surface area (Å²) in [6.07, 6.45) is 0.837. The normalized spacial score (nSPS) is 15.7. The molecule has 10 heteroatoms. The lowest BCUT2D eigenvalue weighted by Crippen LogP contribution is -2.54. The van der Waals surface area contributed by atoms with Gasteiger partial charge in [-0.05, 0) is 35.9 Å². The minimum Gasteiger partial charge on any atom is -0.345 e. The summed E-state index contributed by atoms with van der Waals surface area (Å²) in [5, 5.41) is 6.74. The number of benzene rings is 3. The first-order valence-corrected chi connectivity index (χ1v) is 12.0. The fourth-order valence-corrected chi connectivity index (χ4v) is 4.48. The number of fused-ring (bicyclic) bond motifs is 2. The van der Waals surface area contributed by atoms with Gasteiger partial charge < -0.3 is 20.3 Å². The molecule has 1 heterocycles. The predicted octanol–water partition coefficient (Wildman–Crippen LogP) is 1.61. The number of carbonyl (C=O) groups is 6. The van der Waals surface area contributed by atoms with Crippen LogP contribution >= 0.6 is 0 Å². The number of nitrogens with one attached hydrogen (secondary N) is 2. The SMILES string of the molecule is CC(=O)CC(C=O)NC(=O)CN1C(=O)C(NC(=O)c2cccc3ccccc23)CN(C=O)c2ccccc21. The van der Waals surface area contributed by atoms with E-state index in [1.54, 1.807) is 48.5 Å². The standard InChI is InChI=1S/C28H26N4O6/c1-18(35)13-20(16-33)29-26(36)15-32-25-12-5-4-11-24(25)31(17-34)14-23(28(32)38)30-27(37)22-10-6-8-19-7-2-3-9-21(19)22/h2-12,16-17,20,23H,13-15H2,1H3,(H,29,36)(H,30,37). The zero-order valence-electron chi connectivity index (χ0n) is 20.6. The molecule has 0 bridgehead atoms. The number of anilines is 2. The van der Waals surface area contributed by atoms with Crippen molar-refractivity contribution in [1.29, 1.82) is 0 Å². The molecule has 2 atom stereocenters. The molecule has 0 radical (unpaired) electrons. The van der Waals surface area contributed by atoms with E-state index >= 15 is 0 Å². The van der Waals surface area contributed by atoms with E-state index in [4.69, 9.17) is 0 Å². The third-order valence-corrected chi connectivity index (χ3v) is 6.21. The highest BCUT2D eigenvalue weighted by Gasteiger charge is 2.36. The van der Waals surface area contributed by atoms with Crippen LogP contribution in [0.2, 0.25) is 0 Å². The maximum Gasteiger partial charge on any atom is 0.252 e. The number of Topliss-reactive ketones (excluding diaryl/α,β-unsaturated/α-hetero) is 1. The van der Waals surface area contributed by atoms with Gasteiger partial charge in [-0.2, -0.15) is 0 Å². The van der Waals surface area contributed by atoms with E-state index in [0.717, 1.165) is 10.3 Å². The Balaban J connectivity index is 1.64. The average molecular weight is 515 g/mol. The molecular formula is C28H26N4O6. The van der Waals surface area contributed by atoms with Gasteiger partial charge in [0, 0.05) is 12.0 Å². The third kappa shape index (κ3) is 5.59. The number of para-hydroxylation sites is 2. The zero-order valence-corrected chi connectivity index (χ0v) is 20.6. The number of aldehydes is 1. The van der Waals surface area contributed by atoms with E-state index in [1.165, 1.54) is 11.8 Å². The van der Waals surface area contributed by atoms with E-state index in [2.05, 4.69) is 10.6 Å². The second-order valence-corrected chi connectivity index (χ2v) is 8.94. The summed E-state index contributed by atoms with van der Waals surface area (Å²) in [5.41, 5.74) is 1.02. The van der Waals surface area contributed by atoms with Crippen molar-refractivity contribution >= 4 is 58.3 Å². The first-order valence-electron chi connectivity index (χ1n) is 12.0. The van der Waals surface area contributed by atoms with Crippen molar-refractivity contribution in [3.05, 3.63) is 72.3 Å². The van der Waals surface area contributed by atoms with Gasteiger partial charge in [0.1, 0.15) is 24.7 Å². The van der Waals surface area contributed by atoms with E-state index in [0.29, 0.717) is 29.3 Å². The van der Waals surface area contributed by atoms with Crippen molar-refractivity contribution in [2.75, 3.05) is 22.9 Å². The van der Waals surface area contributed by atoms with Crippen LogP contribution in [-0.4, -0.2) is 61.4 Å². The summed E-state index contributed by atoms with van der Waals surface area (Å²) in [6, 6.07) is 16.9. The van der Waals surface area contributed by atoms with Gasteiger partial charge in [0.25, 0.3) is 11.8 Å². The van der Waals surface area contributed by atoms with E-state index in [-0.39, 0.29) is 24.4 Å². The lowest BCUT2D eigenvalue weighted by atomic mass is 10.0. The van der Waals surface area contributed by atoms with Gasteiger partial charge >= 0.3 is 0 Å². The Labute approximate surface area is 218 Å². The third-order valence-electron chi connectivity index (χ3n) is 6.21. The minimum absolute atomic E-state index is 0.157. The van der Waals surface area contributed by atoms with Crippen LogP contribution in [0.5, 0.6) is 0 Å². The largest absolute Gasteiger partial charge is 0.345 e. The second-order valence-electron chi connectivity index (χ2n) is 8.94. The first-order chi connectivity index (χ1) is 18.3. The fraction of sp³-hybridized carbons (Fsp3) is 0.214. The second kappa shape index (κ2) is 11.5. The molecule has 38 heavy (non-hydrogen) atoms. The molecule has 4 amide bonds. The molecule has 2 N–H and O–H groups in total. The Morgan fingerprint density at radius 1 is 0.974 bits per heavy atom. The molecule has 2 unspecified atom stereocenters. The highest BCUT2D eigenvalue weighted by molar-refractivity contribution is 6.12. The van der Waals surface area contributed by atoms with Crippen LogP contribution in [0.25, 0.3) is 10.8 Å². The van der Waals surface area contributed by atoms with Gasteiger partial charge in [-0.1, -0.05) is 48.5 Å². The van der Waals surface area contributed by atoms with Crippen LogP contribution in [0.4, 0.5) is 11.4 Å². The number of amides is 4. The molecule has 194 valence electrons. The van der Waals surface area contributed by atoms with Gasteiger partial charge in [-0.15, -0.1) is 0 Å². The predicted molar refractivity (Wildman–Crippen MR) is 141 cm³/mol. The smallest absolute Gasteiger partial charge is 0.252 e. The Kier molecular flexibility index (Phi) is 7.91. The van der Waals surface area contributed by atoms with Gasteiger partial charge in [0.2, 0.25) is 12.3 Å². The van der Waals surface area contributed by atoms with Crippen LogP contribution in [0.3, 0.4) is 0 Å². The summed E-state index contributed by atoms with van der Waals surface area (Å²) >= 11 is 0. The molecule has 0 saturated carbocycles. The summed E-state index contributed by atoms with van der Waals surface area (Å²) in [6.45, 7) is 0.648. The summed E-state index contributed by atoms with van der Waals surface area (Å²) in [5.74, 6) is -2.08. The number of carbonyl (C=O) groups excluding carboxylic acids is 6. The monoisotopic (exact) mass is 514 g/mol. The van der Waals surface area contributed by atoms with Crippen LogP contribution in [0, 0.1) is 0 Å². The van der Waals surface area contributed by atoms with Crippen molar-refractivity contribution in [2.45, 2.75) is 25.4 Å². The molecule has 1 aliphatic rings. The maximum absolute atomic E-state index is 13.7. The highest BCUT2D eigenvalue weighted by Crippen LogP contribution is 2.32. The van der Waals surface area contributed by atoms with E-state index in [9.17, 15) is 28.8 Å². The van der Waals surface area contributed by atoms with Crippen molar-refractivity contribution in [3.8, 4) is 0 Å². The molecule has 1 aliphatic heterocycles. The number of hydrogen-bond acceptors (Lipinski definition) is 6. The maximum atomic E-state index is 13.7. The van der Waals surface area contributed by atoms with Crippen LogP contribution in [-0.2, 0) is 24.0 Å². The van der Waals surface area contributed by atoms with Crippen molar-refractivity contribution in [1.82, 2.24) is 10.6 Å². The van der Waals surface area contributed by atoms with Crippen molar-refractivity contribution < 1.29 is 28.8 Å². The van der Waals surface area contributed by atoms with Crippen LogP contribution in [0.15, 0.2) is 66.7 Å². The molecule has 3 aromatic rings. The Morgan fingerprint density at radius 2 is 1.66 bits per heavy atom. The fourth-order valence-electron chi connectivity index (χ4n) is 4.48. The molecule has 4 rings (SSSR count). The lowest BCUT2D eigenvalue weighted by molar-refractivity contribution is -0.126. The highest BCUT2D eigenvalue weighted by atomic mass is 16.2. The van der Waals surface area contributed by atoms with E-state index < -0.39 is 36.3 Å². The van der Waals surface area contributed by atoms with Gasteiger partial charge in [0.05, 0.1) is 24.0 Å². The quantitative estimate of drug-likeness (QED) is 0.417. The number of ketones is 1.